The van der Waals surface area contributed by atoms with Gasteiger partial charge in [0.1, 0.15) is 19.0 Å². The number of hydrogen-bond acceptors (Lipinski definition) is 5. The highest BCUT2D eigenvalue weighted by Gasteiger charge is 2.12. The van der Waals surface area contributed by atoms with E-state index in [0.717, 1.165) is 27.8 Å². The number of benzene rings is 2. The van der Waals surface area contributed by atoms with Gasteiger partial charge in [0.05, 0.1) is 0 Å². The highest BCUT2D eigenvalue weighted by molar-refractivity contribution is 5.96. The molecule has 1 aliphatic carbocycles. The minimum Gasteiger partial charge on any atom is -0.492 e. The van der Waals surface area contributed by atoms with Crippen molar-refractivity contribution in [1.82, 2.24) is 4.98 Å². The molecule has 0 fully saturated rings. The van der Waals surface area contributed by atoms with E-state index in [1.165, 1.54) is 0 Å². The van der Waals surface area contributed by atoms with Crippen LogP contribution in [0.4, 0.5) is 0 Å². The summed E-state index contributed by atoms with van der Waals surface area (Å²) in [6.45, 7) is 1.61. The highest BCUT2D eigenvalue weighted by Crippen LogP contribution is 2.31. The third kappa shape index (κ3) is 3.13. The summed E-state index contributed by atoms with van der Waals surface area (Å²) < 4.78 is 10.9. The second kappa shape index (κ2) is 6.68. The molecule has 0 aromatic heterocycles. The highest BCUT2D eigenvalue weighted by atomic mass is 16.5. The summed E-state index contributed by atoms with van der Waals surface area (Å²) in [6.07, 6.45) is 1.85. The lowest BCUT2D eigenvalue weighted by Crippen LogP contribution is -2.15. The third-order valence-electron chi connectivity index (χ3n) is 3.54. The lowest BCUT2D eigenvalue weighted by atomic mass is 10.00. The van der Waals surface area contributed by atoms with Crippen molar-refractivity contribution in [2.24, 2.45) is 11.5 Å². The van der Waals surface area contributed by atoms with E-state index in [1.54, 1.807) is 12.1 Å². The smallest absolute Gasteiger partial charge is 0.221 e. The van der Waals surface area contributed by atoms with E-state index >= 15 is 0 Å². The number of ether oxygens (including phenoxy) is 2. The van der Waals surface area contributed by atoms with Gasteiger partial charge in [0, 0.05) is 41.8 Å². The van der Waals surface area contributed by atoms with Crippen LogP contribution in [-0.4, -0.2) is 31.3 Å². The lowest BCUT2D eigenvalue weighted by Gasteiger charge is -2.13. The molecule has 1 aromatic rings. The van der Waals surface area contributed by atoms with E-state index in [4.69, 9.17) is 20.9 Å². The van der Waals surface area contributed by atoms with Gasteiger partial charge in [-0.2, -0.15) is 0 Å². The molecule has 1 aliphatic heterocycles. The predicted molar refractivity (Wildman–Crippen MR) is 90.3 cm³/mol. The Morgan fingerprint density at radius 3 is 2.57 bits per heavy atom. The quantitative estimate of drug-likeness (QED) is 0.595. The van der Waals surface area contributed by atoms with Gasteiger partial charge < -0.3 is 25.9 Å². The van der Waals surface area contributed by atoms with Crippen molar-refractivity contribution in [3.05, 3.63) is 46.8 Å². The van der Waals surface area contributed by atoms with Gasteiger partial charge in [-0.05, 0) is 29.8 Å². The molecule has 0 unspecified atom stereocenters. The van der Waals surface area contributed by atoms with Crippen LogP contribution in [0.3, 0.4) is 0 Å². The Morgan fingerprint density at radius 2 is 1.78 bits per heavy atom. The maximum atomic E-state index is 12.2. The molecule has 2 aliphatic rings. The van der Waals surface area contributed by atoms with E-state index < -0.39 is 0 Å². The van der Waals surface area contributed by atoms with Crippen molar-refractivity contribution in [3.8, 4) is 22.6 Å². The van der Waals surface area contributed by atoms with Crippen LogP contribution in [0.2, 0.25) is 0 Å². The van der Waals surface area contributed by atoms with Crippen LogP contribution in [0.5, 0.6) is 11.5 Å². The zero-order valence-corrected chi connectivity index (χ0v) is 12.7. The van der Waals surface area contributed by atoms with Gasteiger partial charge in [-0.25, -0.2) is 0 Å². The molecular formula is C17H19N3O3. The van der Waals surface area contributed by atoms with Gasteiger partial charge in [0.2, 0.25) is 5.43 Å². The molecule has 5 N–H and O–H groups in total. The molecule has 6 heteroatoms. The summed E-state index contributed by atoms with van der Waals surface area (Å²) in [6, 6.07) is 9.03. The Morgan fingerprint density at radius 1 is 1.00 bits per heavy atom. The Hall–Kier alpha value is -2.57. The van der Waals surface area contributed by atoms with E-state index in [0.29, 0.717) is 32.1 Å². The molecule has 23 heavy (non-hydrogen) atoms. The average molecular weight is 313 g/mol. The number of fused-ring (bicyclic) bond motifs is 3. The number of hydrogen-bond donors (Lipinski definition) is 3. The second-order valence-electron chi connectivity index (χ2n) is 5.16. The van der Waals surface area contributed by atoms with Crippen LogP contribution in [0.1, 0.15) is 0 Å². The van der Waals surface area contributed by atoms with E-state index in [2.05, 4.69) is 4.98 Å². The van der Waals surface area contributed by atoms with Gasteiger partial charge in [-0.3, -0.25) is 4.79 Å². The van der Waals surface area contributed by atoms with Crippen molar-refractivity contribution in [1.29, 1.82) is 0 Å². The molecule has 0 atom stereocenters. The summed E-state index contributed by atoms with van der Waals surface area (Å²) in [5, 5.41) is 0.949. The van der Waals surface area contributed by atoms with E-state index in [1.807, 2.05) is 24.4 Å². The Bertz CT molecular complexity index is 844. The molecule has 1 aromatic carbocycles. The fourth-order valence-corrected chi connectivity index (χ4v) is 2.51. The number of pyridine rings is 1. The maximum Gasteiger partial charge on any atom is 0.221 e. The van der Waals surface area contributed by atoms with Crippen LogP contribution >= 0.6 is 0 Å². The summed E-state index contributed by atoms with van der Waals surface area (Å²) in [7, 11) is 0. The Balaban J connectivity index is 2.06. The van der Waals surface area contributed by atoms with Crippen molar-refractivity contribution in [2.75, 3.05) is 26.3 Å². The van der Waals surface area contributed by atoms with Crippen LogP contribution in [0, 0.1) is 0 Å². The fourth-order valence-electron chi connectivity index (χ4n) is 2.51. The van der Waals surface area contributed by atoms with Gasteiger partial charge in [-0.15, -0.1) is 0 Å². The number of nitrogens with two attached hydrogens (primary N) is 2. The predicted octanol–water partition coefficient (Wildman–Crippen LogP) is 1.31. The normalized spacial score (nSPS) is 11.0. The third-order valence-corrected chi connectivity index (χ3v) is 3.54. The number of nitrogens with one attached hydrogen (secondary N) is 1. The maximum absolute atomic E-state index is 12.2. The molecule has 0 amide bonds. The average Bonchev–Trinajstić information content (AvgIpc) is 2.58. The van der Waals surface area contributed by atoms with Crippen molar-refractivity contribution >= 4 is 10.9 Å². The van der Waals surface area contributed by atoms with Gasteiger partial charge in [0.25, 0.3) is 0 Å². The summed E-state index contributed by atoms with van der Waals surface area (Å²) >= 11 is 0. The van der Waals surface area contributed by atoms with Crippen LogP contribution in [-0.2, 0) is 0 Å². The molecule has 0 spiro atoms. The topological polar surface area (TPSA) is 103 Å². The zero-order chi connectivity index (χ0) is 16.2. The largest absolute Gasteiger partial charge is 0.492 e. The first-order valence-electron chi connectivity index (χ1n) is 7.48. The summed E-state index contributed by atoms with van der Waals surface area (Å²) in [5.74, 6) is 1.06. The molecular weight excluding hydrogens is 294 g/mol. The van der Waals surface area contributed by atoms with Crippen LogP contribution in [0.15, 0.2) is 41.3 Å². The summed E-state index contributed by atoms with van der Waals surface area (Å²) in [4.78, 5) is 15.4. The number of H-pyrrole nitrogens is 1. The first-order valence-corrected chi connectivity index (χ1v) is 7.48. The minimum atomic E-state index is -0.151. The molecule has 0 saturated carbocycles. The van der Waals surface area contributed by atoms with E-state index in [9.17, 15) is 4.79 Å². The van der Waals surface area contributed by atoms with Gasteiger partial charge in [0.15, 0.2) is 5.75 Å². The van der Waals surface area contributed by atoms with E-state index in [-0.39, 0.29) is 5.43 Å². The molecule has 0 radical (unpaired) electrons. The molecule has 120 valence electrons. The van der Waals surface area contributed by atoms with Gasteiger partial charge >= 0.3 is 0 Å². The Kier molecular flexibility index (Phi) is 4.45. The SMILES string of the molecule is NCCOc1ccc2c3cc(=O)c(OCCN)cc-3c[nH]c2c1. The van der Waals surface area contributed by atoms with Crippen molar-refractivity contribution < 1.29 is 9.47 Å². The van der Waals surface area contributed by atoms with Crippen LogP contribution < -0.4 is 26.4 Å². The first-order chi connectivity index (χ1) is 11.2. The summed E-state index contributed by atoms with van der Waals surface area (Å²) in [5.41, 5.74) is 13.4. The standard InChI is InChI=1S/C17H19N3O3/c18-3-5-22-12-1-2-13-14-9-16(21)17(23-6-4-19)7-11(14)10-20-15(13)8-12/h1-2,7-10,20H,3-6,18-19H2. The molecule has 1 heterocycles. The number of aromatic nitrogens is 1. The number of rotatable bonds is 6. The lowest BCUT2D eigenvalue weighted by molar-refractivity contribution is 0.325. The number of aromatic amines is 1. The molecule has 0 saturated heterocycles. The molecule has 6 nitrogen and oxygen atoms in total. The van der Waals surface area contributed by atoms with Gasteiger partial charge in [-0.1, -0.05) is 0 Å². The minimum absolute atomic E-state index is 0.151. The molecule has 3 rings (SSSR count). The Labute approximate surface area is 133 Å². The monoisotopic (exact) mass is 313 g/mol. The zero-order valence-electron chi connectivity index (χ0n) is 12.7. The van der Waals surface area contributed by atoms with Crippen molar-refractivity contribution in [2.45, 2.75) is 0 Å². The van der Waals surface area contributed by atoms with Crippen molar-refractivity contribution in [3.63, 3.8) is 0 Å². The fraction of sp³-hybridized carbons (Fsp3) is 0.235. The van der Waals surface area contributed by atoms with Crippen LogP contribution in [0.25, 0.3) is 22.0 Å². The first kappa shape index (κ1) is 15.3. The molecule has 0 bridgehead atoms. The second-order valence-corrected chi connectivity index (χ2v) is 5.16.